The average Bonchev–Trinajstić information content (AvgIpc) is 2.34. The smallest absolute Gasteiger partial charge is 0.239 e. The van der Waals surface area contributed by atoms with Crippen LogP contribution in [0.3, 0.4) is 0 Å². The Morgan fingerprint density at radius 1 is 1.32 bits per heavy atom. The first-order valence-electron chi connectivity index (χ1n) is 6.59. The highest BCUT2D eigenvalue weighted by Gasteiger charge is 2.09. The van der Waals surface area contributed by atoms with Gasteiger partial charge in [0, 0.05) is 6.07 Å². The minimum absolute atomic E-state index is 0.00421. The molecule has 0 aliphatic heterocycles. The number of ether oxygens (including phenoxy) is 1. The van der Waals surface area contributed by atoms with Gasteiger partial charge < -0.3 is 4.74 Å². The maximum Gasteiger partial charge on any atom is 0.239 e. The van der Waals surface area contributed by atoms with E-state index < -0.39 is 10.0 Å². The van der Waals surface area contributed by atoms with Crippen molar-refractivity contribution < 1.29 is 13.2 Å². The van der Waals surface area contributed by atoms with Crippen molar-refractivity contribution in [3.63, 3.8) is 0 Å². The van der Waals surface area contributed by atoms with E-state index in [-0.39, 0.29) is 11.0 Å². The van der Waals surface area contributed by atoms with Crippen molar-refractivity contribution in [1.29, 1.82) is 0 Å². The molecule has 108 valence electrons. The molecule has 0 fully saturated rings. The fraction of sp³-hybridized carbons (Fsp3) is 0.615. The van der Waals surface area contributed by atoms with Gasteiger partial charge in [0.25, 0.3) is 0 Å². The van der Waals surface area contributed by atoms with E-state index in [1.54, 1.807) is 0 Å². The van der Waals surface area contributed by atoms with Gasteiger partial charge in [0.05, 0.1) is 12.3 Å². The summed E-state index contributed by atoms with van der Waals surface area (Å²) in [4.78, 5) is 3.94. The van der Waals surface area contributed by atoms with Crippen LogP contribution in [0.2, 0.25) is 0 Å². The topological polar surface area (TPSA) is 82.3 Å². The highest BCUT2D eigenvalue weighted by Crippen LogP contribution is 2.14. The van der Waals surface area contributed by atoms with Gasteiger partial charge in [-0.25, -0.2) is 18.5 Å². The second-order valence-corrected chi connectivity index (χ2v) is 6.22. The van der Waals surface area contributed by atoms with Crippen LogP contribution >= 0.6 is 0 Å². The molecule has 0 saturated heterocycles. The van der Waals surface area contributed by atoms with Crippen LogP contribution in [0.25, 0.3) is 0 Å². The molecule has 0 aliphatic rings. The molecule has 0 aromatic carbocycles. The van der Waals surface area contributed by atoms with E-state index >= 15 is 0 Å². The highest BCUT2D eigenvalue weighted by molar-refractivity contribution is 7.89. The third kappa shape index (κ3) is 6.02. The van der Waals surface area contributed by atoms with Gasteiger partial charge in [0.15, 0.2) is 0 Å². The largest absolute Gasteiger partial charge is 0.475 e. The fourth-order valence-corrected chi connectivity index (χ4v) is 2.19. The molecule has 0 saturated carbocycles. The highest BCUT2D eigenvalue weighted by atomic mass is 32.2. The second-order valence-electron chi connectivity index (χ2n) is 4.65. The summed E-state index contributed by atoms with van der Waals surface area (Å²) in [5.41, 5.74) is 0. The van der Waals surface area contributed by atoms with E-state index in [0.29, 0.717) is 5.88 Å². The number of pyridine rings is 1. The average molecular weight is 286 g/mol. The third-order valence-corrected chi connectivity index (χ3v) is 3.72. The van der Waals surface area contributed by atoms with Crippen molar-refractivity contribution in [2.24, 2.45) is 5.14 Å². The number of unbranched alkanes of at least 4 members (excludes halogenated alkanes) is 3. The number of aromatic nitrogens is 1. The normalized spacial score (nSPS) is 13.2. The van der Waals surface area contributed by atoms with E-state index in [1.807, 2.05) is 6.92 Å². The number of rotatable bonds is 8. The standard InChI is InChI=1S/C13H22N2O3S/c1-3-4-5-6-7-11(2)18-13-9-8-12(10-15-13)19(14,16)17/h8-11H,3-7H2,1-2H3,(H2,14,16,17). The van der Waals surface area contributed by atoms with Crippen molar-refractivity contribution in [1.82, 2.24) is 4.98 Å². The predicted octanol–water partition coefficient (Wildman–Crippen LogP) is 2.47. The van der Waals surface area contributed by atoms with Crippen LogP contribution in [-0.2, 0) is 10.0 Å². The SMILES string of the molecule is CCCCCCC(C)Oc1ccc(S(N)(=O)=O)cn1. The van der Waals surface area contributed by atoms with Crippen molar-refractivity contribution in [2.75, 3.05) is 0 Å². The Hall–Kier alpha value is -1.14. The summed E-state index contributed by atoms with van der Waals surface area (Å²) < 4.78 is 27.7. The molecule has 1 atom stereocenters. The molecular weight excluding hydrogens is 264 g/mol. The number of primary sulfonamides is 1. The number of sulfonamides is 1. The zero-order valence-corrected chi connectivity index (χ0v) is 12.3. The molecular formula is C13H22N2O3S. The van der Waals surface area contributed by atoms with Crippen LogP contribution in [-0.4, -0.2) is 19.5 Å². The molecule has 19 heavy (non-hydrogen) atoms. The van der Waals surface area contributed by atoms with Crippen LogP contribution in [0.1, 0.15) is 46.0 Å². The Bertz CT molecular complexity index is 471. The third-order valence-electron chi connectivity index (χ3n) is 2.82. The van der Waals surface area contributed by atoms with E-state index in [9.17, 15) is 8.42 Å². The van der Waals surface area contributed by atoms with Gasteiger partial charge in [-0.1, -0.05) is 26.2 Å². The lowest BCUT2D eigenvalue weighted by Gasteiger charge is -2.13. The molecule has 1 aromatic rings. The molecule has 1 heterocycles. The maximum absolute atomic E-state index is 11.1. The van der Waals surface area contributed by atoms with Crippen LogP contribution in [0.5, 0.6) is 5.88 Å². The molecule has 6 heteroatoms. The molecule has 1 rings (SSSR count). The predicted molar refractivity (Wildman–Crippen MR) is 74.5 cm³/mol. The maximum atomic E-state index is 11.1. The monoisotopic (exact) mass is 286 g/mol. The summed E-state index contributed by atoms with van der Waals surface area (Å²) in [6, 6.07) is 2.93. The lowest BCUT2D eigenvalue weighted by molar-refractivity contribution is 0.198. The summed E-state index contributed by atoms with van der Waals surface area (Å²) in [7, 11) is -3.69. The summed E-state index contributed by atoms with van der Waals surface area (Å²) in [5, 5.41) is 4.99. The Balaban J connectivity index is 2.45. The van der Waals surface area contributed by atoms with Gasteiger partial charge in [0.1, 0.15) is 4.90 Å². The summed E-state index contributed by atoms with van der Waals surface area (Å²) in [5.74, 6) is 0.426. The number of nitrogens with zero attached hydrogens (tertiary/aromatic N) is 1. The van der Waals surface area contributed by atoms with Crippen molar-refractivity contribution in [3.05, 3.63) is 18.3 Å². The first-order valence-corrected chi connectivity index (χ1v) is 8.13. The van der Waals surface area contributed by atoms with Gasteiger partial charge in [-0.3, -0.25) is 0 Å². The molecule has 0 bridgehead atoms. The first kappa shape index (κ1) is 15.9. The molecule has 0 spiro atoms. The van der Waals surface area contributed by atoms with Gasteiger partial charge in [0.2, 0.25) is 15.9 Å². The molecule has 1 unspecified atom stereocenters. The molecule has 1 aromatic heterocycles. The van der Waals surface area contributed by atoms with E-state index in [0.717, 1.165) is 12.8 Å². The van der Waals surface area contributed by atoms with Crippen molar-refractivity contribution in [3.8, 4) is 5.88 Å². The van der Waals surface area contributed by atoms with Gasteiger partial charge in [-0.15, -0.1) is 0 Å². The van der Waals surface area contributed by atoms with Crippen molar-refractivity contribution >= 4 is 10.0 Å². The Morgan fingerprint density at radius 3 is 2.58 bits per heavy atom. The molecule has 0 aliphatic carbocycles. The van der Waals surface area contributed by atoms with E-state index in [2.05, 4.69) is 11.9 Å². The van der Waals surface area contributed by atoms with Crippen LogP contribution in [0, 0.1) is 0 Å². The van der Waals surface area contributed by atoms with Crippen molar-refractivity contribution in [2.45, 2.75) is 57.0 Å². The minimum Gasteiger partial charge on any atom is -0.475 e. The van der Waals surface area contributed by atoms with Crippen LogP contribution < -0.4 is 9.88 Å². The Kier molecular flexibility index (Phi) is 6.24. The molecule has 2 N–H and O–H groups in total. The summed E-state index contributed by atoms with van der Waals surface area (Å²) >= 11 is 0. The quantitative estimate of drug-likeness (QED) is 0.744. The van der Waals surface area contributed by atoms with Gasteiger partial charge >= 0.3 is 0 Å². The van der Waals surface area contributed by atoms with E-state index in [1.165, 1.54) is 37.6 Å². The van der Waals surface area contributed by atoms with E-state index in [4.69, 9.17) is 9.88 Å². The first-order chi connectivity index (χ1) is 8.93. The molecule has 0 amide bonds. The van der Waals surface area contributed by atoms with Gasteiger partial charge in [-0.2, -0.15) is 0 Å². The van der Waals surface area contributed by atoms with Crippen LogP contribution in [0.15, 0.2) is 23.2 Å². The Labute approximate surface area is 115 Å². The Morgan fingerprint density at radius 2 is 2.05 bits per heavy atom. The lowest BCUT2D eigenvalue weighted by Crippen LogP contribution is -2.14. The zero-order valence-electron chi connectivity index (χ0n) is 11.5. The number of nitrogens with two attached hydrogens (primary N) is 1. The number of hydrogen-bond acceptors (Lipinski definition) is 4. The fourth-order valence-electron chi connectivity index (χ4n) is 1.73. The minimum atomic E-state index is -3.69. The number of hydrogen-bond donors (Lipinski definition) is 1. The lowest BCUT2D eigenvalue weighted by atomic mass is 10.1. The van der Waals surface area contributed by atoms with Crippen LogP contribution in [0.4, 0.5) is 0 Å². The summed E-state index contributed by atoms with van der Waals surface area (Å²) in [6.45, 7) is 4.16. The van der Waals surface area contributed by atoms with Gasteiger partial charge in [-0.05, 0) is 25.8 Å². The summed E-state index contributed by atoms with van der Waals surface area (Å²) in [6.07, 6.45) is 7.06. The zero-order chi connectivity index (χ0) is 14.3. The molecule has 0 radical (unpaired) electrons. The second kappa shape index (κ2) is 7.45. The molecule has 5 nitrogen and oxygen atoms in total.